The summed E-state index contributed by atoms with van der Waals surface area (Å²) in [7, 11) is 1.62. The summed E-state index contributed by atoms with van der Waals surface area (Å²) in [4.78, 5) is 15.0. The maximum Gasteiger partial charge on any atom is 0.303 e. The van der Waals surface area contributed by atoms with Gasteiger partial charge in [-0.25, -0.2) is 0 Å². The summed E-state index contributed by atoms with van der Waals surface area (Å²) in [5, 5.41) is 12.7. The van der Waals surface area contributed by atoms with Crippen LogP contribution in [0.3, 0.4) is 0 Å². The predicted molar refractivity (Wildman–Crippen MR) is 70.4 cm³/mol. The van der Waals surface area contributed by atoms with Gasteiger partial charge < -0.3 is 19.1 Å². The van der Waals surface area contributed by atoms with E-state index in [1.807, 2.05) is 13.8 Å². The molecule has 0 saturated carbocycles. The number of carboxylic acid groups (broad SMARTS) is 1. The molecule has 0 saturated heterocycles. The number of carbonyl (C=O) groups is 1. The van der Waals surface area contributed by atoms with Gasteiger partial charge in [0.1, 0.15) is 0 Å². The molecule has 0 unspecified atom stereocenters. The Hall–Kier alpha value is -1.47. The third-order valence-electron chi connectivity index (χ3n) is 2.67. The van der Waals surface area contributed by atoms with E-state index in [2.05, 4.69) is 10.1 Å². The molecule has 1 rings (SSSR count). The minimum atomic E-state index is -0.832. The zero-order chi connectivity index (χ0) is 15.0. The Labute approximate surface area is 118 Å². The molecule has 0 aromatic carbocycles. The second-order valence-corrected chi connectivity index (χ2v) is 5.37. The Morgan fingerprint density at radius 3 is 2.75 bits per heavy atom. The Kier molecular flexibility index (Phi) is 6.60. The van der Waals surface area contributed by atoms with Crippen LogP contribution in [-0.2, 0) is 27.1 Å². The topological polar surface area (TPSA) is 94.7 Å². The van der Waals surface area contributed by atoms with Crippen molar-refractivity contribution in [1.82, 2.24) is 10.1 Å². The van der Waals surface area contributed by atoms with Crippen LogP contribution in [0.1, 0.15) is 32.0 Å². The van der Waals surface area contributed by atoms with Gasteiger partial charge in [0.15, 0.2) is 5.82 Å². The third kappa shape index (κ3) is 6.63. The van der Waals surface area contributed by atoms with Crippen LogP contribution in [0.25, 0.3) is 0 Å². The summed E-state index contributed by atoms with van der Waals surface area (Å²) >= 11 is 0. The van der Waals surface area contributed by atoms with Gasteiger partial charge >= 0.3 is 5.97 Å². The van der Waals surface area contributed by atoms with E-state index in [1.165, 1.54) is 0 Å². The maximum atomic E-state index is 10.7. The van der Waals surface area contributed by atoms with Crippen LogP contribution in [0.2, 0.25) is 0 Å². The van der Waals surface area contributed by atoms with E-state index < -0.39 is 11.4 Å². The fourth-order valence-electron chi connectivity index (χ4n) is 1.75. The maximum absolute atomic E-state index is 10.7. The molecule has 0 fully saturated rings. The fourth-order valence-corrected chi connectivity index (χ4v) is 1.75. The van der Waals surface area contributed by atoms with Crippen LogP contribution >= 0.6 is 0 Å². The zero-order valence-corrected chi connectivity index (χ0v) is 12.2. The molecule has 1 heterocycles. The van der Waals surface area contributed by atoms with Crippen molar-refractivity contribution in [2.75, 3.05) is 26.9 Å². The van der Waals surface area contributed by atoms with Gasteiger partial charge in [0, 0.05) is 20.0 Å². The molecular formula is C13H22N2O5. The molecule has 1 aromatic rings. The number of ether oxygens (including phenoxy) is 2. The molecule has 0 amide bonds. The van der Waals surface area contributed by atoms with Gasteiger partial charge in [0.25, 0.3) is 0 Å². The summed E-state index contributed by atoms with van der Waals surface area (Å²) in [6.07, 6.45) is 1.06. The number of aliphatic carboxylic acids is 1. The van der Waals surface area contributed by atoms with Crippen LogP contribution in [0.5, 0.6) is 0 Å². The summed E-state index contributed by atoms with van der Waals surface area (Å²) < 4.78 is 15.3. The van der Waals surface area contributed by atoms with Crippen LogP contribution < -0.4 is 0 Å². The summed E-state index contributed by atoms with van der Waals surface area (Å²) in [6.45, 7) is 5.31. The normalized spacial score (nSPS) is 11.8. The fraction of sp³-hybridized carbons (Fsp3) is 0.769. The highest BCUT2D eigenvalue weighted by Crippen LogP contribution is 2.25. The standard InChI is InChI=1S/C13H22N2O5/c1-13(2,9-12(16)17)8-11-14-10(15-20-11)4-5-19-7-6-18-3/h4-9H2,1-3H3,(H,16,17). The number of aromatic nitrogens is 2. The minimum Gasteiger partial charge on any atom is -0.481 e. The van der Waals surface area contributed by atoms with E-state index in [0.717, 1.165) is 0 Å². The van der Waals surface area contributed by atoms with E-state index in [-0.39, 0.29) is 6.42 Å². The van der Waals surface area contributed by atoms with Crippen LogP contribution in [-0.4, -0.2) is 48.1 Å². The lowest BCUT2D eigenvalue weighted by Gasteiger charge is -2.19. The second kappa shape index (κ2) is 7.96. The second-order valence-electron chi connectivity index (χ2n) is 5.37. The molecule has 7 nitrogen and oxygen atoms in total. The van der Waals surface area contributed by atoms with Gasteiger partial charge in [0.05, 0.1) is 26.2 Å². The first-order valence-corrected chi connectivity index (χ1v) is 6.53. The molecule has 0 aliphatic carbocycles. The lowest BCUT2D eigenvalue weighted by molar-refractivity contribution is -0.139. The van der Waals surface area contributed by atoms with Crippen molar-refractivity contribution in [3.63, 3.8) is 0 Å². The molecule has 0 radical (unpaired) electrons. The van der Waals surface area contributed by atoms with Crippen molar-refractivity contribution in [1.29, 1.82) is 0 Å². The molecule has 0 bridgehead atoms. The molecule has 7 heteroatoms. The minimum absolute atomic E-state index is 0.0604. The van der Waals surface area contributed by atoms with Gasteiger partial charge in [-0.05, 0) is 5.41 Å². The summed E-state index contributed by atoms with van der Waals surface area (Å²) in [5.41, 5.74) is -0.412. The number of hydrogen-bond donors (Lipinski definition) is 1. The molecule has 0 atom stereocenters. The largest absolute Gasteiger partial charge is 0.481 e. The molecule has 1 aromatic heterocycles. The Morgan fingerprint density at radius 1 is 1.35 bits per heavy atom. The van der Waals surface area contributed by atoms with Gasteiger partial charge in [-0.2, -0.15) is 4.98 Å². The summed E-state index contributed by atoms with van der Waals surface area (Å²) in [6, 6.07) is 0. The van der Waals surface area contributed by atoms with Gasteiger partial charge in [-0.3, -0.25) is 4.79 Å². The quantitative estimate of drug-likeness (QED) is 0.648. The van der Waals surface area contributed by atoms with E-state index in [1.54, 1.807) is 7.11 Å². The monoisotopic (exact) mass is 286 g/mol. The van der Waals surface area contributed by atoms with E-state index in [0.29, 0.717) is 44.4 Å². The molecule has 0 spiro atoms. The summed E-state index contributed by atoms with van der Waals surface area (Å²) in [5.74, 6) is 0.202. The van der Waals surface area contributed by atoms with Gasteiger partial charge in [-0.15, -0.1) is 0 Å². The van der Waals surface area contributed by atoms with Crippen molar-refractivity contribution >= 4 is 5.97 Å². The molecular weight excluding hydrogens is 264 g/mol. The highest BCUT2D eigenvalue weighted by Gasteiger charge is 2.25. The van der Waals surface area contributed by atoms with Crippen molar-refractivity contribution in [2.24, 2.45) is 5.41 Å². The Balaban J connectivity index is 2.37. The average molecular weight is 286 g/mol. The van der Waals surface area contributed by atoms with E-state index >= 15 is 0 Å². The molecule has 1 N–H and O–H groups in total. The number of rotatable bonds is 10. The third-order valence-corrected chi connectivity index (χ3v) is 2.67. The number of hydrogen-bond acceptors (Lipinski definition) is 6. The highest BCUT2D eigenvalue weighted by molar-refractivity contribution is 5.67. The smallest absolute Gasteiger partial charge is 0.303 e. The molecule has 114 valence electrons. The van der Waals surface area contributed by atoms with Gasteiger partial charge in [0.2, 0.25) is 5.89 Å². The van der Waals surface area contributed by atoms with Crippen molar-refractivity contribution in [3.8, 4) is 0 Å². The predicted octanol–water partition coefficient (Wildman–Crippen LogP) is 1.32. The van der Waals surface area contributed by atoms with E-state index in [4.69, 9.17) is 19.1 Å². The first-order chi connectivity index (χ1) is 9.43. The zero-order valence-electron chi connectivity index (χ0n) is 12.2. The average Bonchev–Trinajstić information content (AvgIpc) is 2.73. The number of nitrogens with zero attached hydrogens (tertiary/aromatic N) is 2. The van der Waals surface area contributed by atoms with Gasteiger partial charge in [-0.1, -0.05) is 19.0 Å². The lowest BCUT2D eigenvalue weighted by atomic mass is 9.86. The highest BCUT2D eigenvalue weighted by atomic mass is 16.5. The Bertz CT molecular complexity index is 417. The van der Waals surface area contributed by atoms with E-state index in [9.17, 15) is 4.79 Å². The first kappa shape index (κ1) is 16.6. The number of carboxylic acids is 1. The van der Waals surface area contributed by atoms with Crippen LogP contribution in [0.4, 0.5) is 0 Å². The molecule has 20 heavy (non-hydrogen) atoms. The number of methoxy groups -OCH3 is 1. The molecule has 0 aliphatic rings. The van der Waals surface area contributed by atoms with Crippen LogP contribution in [0.15, 0.2) is 4.52 Å². The lowest BCUT2D eigenvalue weighted by Crippen LogP contribution is -2.19. The van der Waals surface area contributed by atoms with Crippen LogP contribution in [0, 0.1) is 5.41 Å². The SMILES string of the molecule is COCCOCCc1noc(CC(C)(C)CC(=O)O)n1. The van der Waals surface area contributed by atoms with Crippen molar-refractivity contribution in [3.05, 3.63) is 11.7 Å². The Morgan fingerprint density at radius 2 is 2.10 bits per heavy atom. The first-order valence-electron chi connectivity index (χ1n) is 6.53. The van der Waals surface area contributed by atoms with Crippen molar-refractivity contribution in [2.45, 2.75) is 33.1 Å². The molecule has 0 aliphatic heterocycles. The van der Waals surface area contributed by atoms with Crippen molar-refractivity contribution < 1.29 is 23.9 Å².